The zero-order valence-corrected chi connectivity index (χ0v) is 26.8. The van der Waals surface area contributed by atoms with Crippen LogP contribution in [0, 0.1) is 0 Å². The first kappa shape index (κ1) is 27.8. The molecule has 3 unspecified atom stereocenters. The average Bonchev–Trinajstić information content (AvgIpc) is 3.49. The number of nitrogens with one attached hydrogen (secondary N) is 3. The third-order valence-electron chi connectivity index (χ3n) is 12.0. The van der Waals surface area contributed by atoms with Gasteiger partial charge in [0.2, 0.25) is 0 Å². The molecule has 5 aliphatic carbocycles. The molecule has 0 bridgehead atoms. The summed E-state index contributed by atoms with van der Waals surface area (Å²) in [5, 5.41) is 11.8. The van der Waals surface area contributed by atoms with Crippen molar-refractivity contribution in [1.82, 2.24) is 16.0 Å². The number of allylic oxidation sites excluding steroid dienone is 6. The highest BCUT2D eigenvalue weighted by Crippen LogP contribution is 2.60. The van der Waals surface area contributed by atoms with Crippen molar-refractivity contribution in [3.8, 4) is 11.1 Å². The van der Waals surface area contributed by atoms with Crippen molar-refractivity contribution in [1.29, 1.82) is 0 Å². The van der Waals surface area contributed by atoms with Crippen LogP contribution in [0.15, 0.2) is 108 Å². The van der Waals surface area contributed by atoms with Crippen LogP contribution < -0.4 is 16.0 Å². The molecule has 1 spiro atoms. The quantitative estimate of drug-likeness (QED) is 0.284. The number of rotatable bonds is 3. The van der Waals surface area contributed by atoms with E-state index in [2.05, 4.69) is 121 Å². The normalized spacial score (nSPS) is 27.4. The van der Waals surface area contributed by atoms with Gasteiger partial charge < -0.3 is 0 Å². The van der Waals surface area contributed by atoms with E-state index in [-0.39, 0.29) is 29.3 Å². The Labute approximate surface area is 268 Å². The first-order valence-corrected chi connectivity index (χ1v) is 17.4. The molecule has 3 atom stereocenters. The lowest BCUT2D eigenvalue weighted by atomic mass is 9.67. The Morgan fingerprint density at radius 1 is 0.644 bits per heavy atom. The highest BCUT2D eigenvalue weighted by Gasteiger charge is 2.47. The van der Waals surface area contributed by atoms with E-state index in [1.165, 1.54) is 71.1 Å². The fourth-order valence-corrected chi connectivity index (χ4v) is 9.69. The molecule has 1 heterocycles. The van der Waals surface area contributed by atoms with E-state index >= 15 is 0 Å². The van der Waals surface area contributed by atoms with Gasteiger partial charge in [-0.05, 0) is 106 Å². The summed E-state index contributed by atoms with van der Waals surface area (Å²) in [7, 11) is 0. The zero-order valence-electron chi connectivity index (χ0n) is 26.8. The van der Waals surface area contributed by atoms with Crippen LogP contribution in [0.5, 0.6) is 0 Å². The largest absolute Gasteiger partial charge is 0.279 e. The van der Waals surface area contributed by atoms with E-state index < -0.39 is 0 Å². The van der Waals surface area contributed by atoms with Crippen molar-refractivity contribution in [3.63, 3.8) is 0 Å². The van der Waals surface area contributed by atoms with Crippen LogP contribution in [-0.4, -0.2) is 12.3 Å². The van der Waals surface area contributed by atoms with Crippen LogP contribution in [0.4, 0.5) is 0 Å². The topological polar surface area (TPSA) is 36.1 Å². The Morgan fingerprint density at radius 2 is 1.40 bits per heavy atom. The van der Waals surface area contributed by atoms with Crippen molar-refractivity contribution in [3.05, 3.63) is 136 Å². The molecule has 1 saturated heterocycles. The molecule has 9 rings (SSSR count). The molecule has 45 heavy (non-hydrogen) atoms. The van der Waals surface area contributed by atoms with Gasteiger partial charge in [-0.15, -0.1) is 0 Å². The van der Waals surface area contributed by atoms with Crippen molar-refractivity contribution in [2.45, 2.75) is 101 Å². The van der Waals surface area contributed by atoms with Crippen LogP contribution in [0.2, 0.25) is 0 Å². The number of fused-ring (bicyclic) bond motifs is 7. The summed E-state index contributed by atoms with van der Waals surface area (Å²) in [5.74, 6) is 0. The third kappa shape index (κ3) is 4.28. The van der Waals surface area contributed by atoms with Gasteiger partial charge >= 0.3 is 0 Å². The maximum atomic E-state index is 3.99. The fraction of sp³-hybridized carbons (Fsp3) is 0.381. The summed E-state index contributed by atoms with van der Waals surface area (Å²) in [6.07, 6.45) is 20.7. The Hall–Kier alpha value is -3.50. The minimum absolute atomic E-state index is 0.0160. The summed E-state index contributed by atoms with van der Waals surface area (Å²) < 4.78 is 0. The molecule has 1 saturated carbocycles. The smallest absolute Gasteiger partial charge is 0.0864 e. The van der Waals surface area contributed by atoms with Crippen LogP contribution in [0.25, 0.3) is 16.7 Å². The summed E-state index contributed by atoms with van der Waals surface area (Å²) in [5.41, 5.74) is 16.8. The number of hydrogen-bond acceptors (Lipinski definition) is 3. The van der Waals surface area contributed by atoms with Crippen LogP contribution >= 0.6 is 0 Å². The van der Waals surface area contributed by atoms with Crippen LogP contribution in [-0.2, 0) is 10.8 Å². The summed E-state index contributed by atoms with van der Waals surface area (Å²) in [6.45, 7) is 4.96. The molecular formula is C42H45N3. The van der Waals surface area contributed by atoms with E-state index in [0.717, 1.165) is 25.7 Å². The molecule has 3 aromatic rings. The lowest BCUT2D eigenvalue weighted by molar-refractivity contribution is 0.235. The molecule has 3 nitrogen and oxygen atoms in total. The Balaban J connectivity index is 1.10. The van der Waals surface area contributed by atoms with E-state index in [0.29, 0.717) is 0 Å². The molecule has 3 heteroatoms. The molecule has 0 aromatic heterocycles. The SMILES string of the molecule is CC1(C)C2=C(CCC(C3NC(C4=CC=CCC4)NC(c4ccccc4)N3)=C2)c2cc3c(cc21)C1(CCCCC1)c1ccccc1-3. The van der Waals surface area contributed by atoms with E-state index in [9.17, 15) is 0 Å². The van der Waals surface area contributed by atoms with Gasteiger partial charge in [-0.1, -0.05) is 118 Å². The monoisotopic (exact) mass is 591 g/mol. The van der Waals surface area contributed by atoms with Crippen LogP contribution in [0.1, 0.15) is 106 Å². The minimum Gasteiger partial charge on any atom is -0.279 e. The minimum atomic E-state index is -0.0160. The molecule has 0 radical (unpaired) electrons. The van der Waals surface area contributed by atoms with Gasteiger partial charge in [-0.25, -0.2) is 0 Å². The molecular weight excluding hydrogens is 546 g/mol. The second-order valence-electron chi connectivity index (χ2n) is 14.8. The summed E-state index contributed by atoms with van der Waals surface area (Å²) in [4.78, 5) is 0. The standard InChI is InChI=1S/C42H45N3/c1-41(2)35-24-29(40-44-38(27-14-6-3-7-15-27)43-39(45-40)28-16-8-4-9-17-28)20-21-31(35)32-25-33-30-18-10-11-19-34(30)42(22-12-5-13-23-42)37(33)26-36(32)41/h3-4,6-8,10-11,14-16,18-19,24-26,38-40,43-45H,5,9,12-13,17,20-23H2,1-2H3. The summed E-state index contributed by atoms with van der Waals surface area (Å²) in [6, 6.07) is 25.5. The Bertz CT molecular complexity index is 1800. The van der Waals surface area contributed by atoms with E-state index in [4.69, 9.17) is 0 Å². The number of hydrogen-bond donors (Lipinski definition) is 3. The van der Waals surface area contributed by atoms with E-state index in [1.807, 2.05) is 0 Å². The molecule has 6 aliphatic rings. The Morgan fingerprint density at radius 3 is 2.20 bits per heavy atom. The van der Waals surface area contributed by atoms with Gasteiger partial charge in [0.05, 0.1) is 18.5 Å². The summed E-state index contributed by atoms with van der Waals surface area (Å²) >= 11 is 0. The molecule has 0 amide bonds. The van der Waals surface area contributed by atoms with Crippen molar-refractivity contribution in [2.24, 2.45) is 0 Å². The second-order valence-corrected chi connectivity index (χ2v) is 14.8. The van der Waals surface area contributed by atoms with Gasteiger partial charge in [0.25, 0.3) is 0 Å². The highest BCUT2D eigenvalue weighted by molar-refractivity contribution is 5.90. The molecule has 3 N–H and O–H groups in total. The lowest BCUT2D eigenvalue weighted by Crippen LogP contribution is -2.64. The molecule has 3 aromatic carbocycles. The zero-order chi connectivity index (χ0) is 30.2. The second kappa shape index (κ2) is 10.5. The molecule has 228 valence electrons. The lowest BCUT2D eigenvalue weighted by Gasteiger charge is -2.42. The van der Waals surface area contributed by atoms with Crippen molar-refractivity contribution in [2.75, 3.05) is 0 Å². The fourth-order valence-electron chi connectivity index (χ4n) is 9.69. The number of benzene rings is 3. The Kier molecular flexibility index (Phi) is 6.50. The highest BCUT2D eigenvalue weighted by atomic mass is 15.4. The first-order valence-electron chi connectivity index (χ1n) is 17.4. The molecule has 2 fully saturated rings. The van der Waals surface area contributed by atoms with Gasteiger partial charge in [-0.3, -0.25) is 16.0 Å². The van der Waals surface area contributed by atoms with Gasteiger partial charge in [0.15, 0.2) is 0 Å². The maximum absolute atomic E-state index is 3.99. The van der Waals surface area contributed by atoms with Crippen LogP contribution in [0.3, 0.4) is 0 Å². The van der Waals surface area contributed by atoms with Gasteiger partial charge in [-0.2, -0.15) is 0 Å². The predicted molar refractivity (Wildman–Crippen MR) is 186 cm³/mol. The van der Waals surface area contributed by atoms with Crippen molar-refractivity contribution < 1.29 is 0 Å². The van der Waals surface area contributed by atoms with Gasteiger partial charge in [0.1, 0.15) is 0 Å². The third-order valence-corrected chi connectivity index (χ3v) is 12.0. The first-order chi connectivity index (χ1) is 22.0. The van der Waals surface area contributed by atoms with Gasteiger partial charge in [0, 0.05) is 10.8 Å². The van der Waals surface area contributed by atoms with E-state index in [1.54, 1.807) is 22.3 Å². The molecule has 1 aliphatic heterocycles. The van der Waals surface area contributed by atoms with Crippen molar-refractivity contribution >= 4 is 5.57 Å². The maximum Gasteiger partial charge on any atom is 0.0864 e. The predicted octanol–water partition coefficient (Wildman–Crippen LogP) is 9.09. The average molecular weight is 592 g/mol.